The molecule has 6 heteroatoms. The third-order valence-electron chi connectivity index (χ3n) is 2.58. The Balaban J connectivity index is 2.37. The molecule has 0 amide bonds. The normalized spacial score (nSPS) is 10.4. The third kappa shape index (κ3) is 2.31. The summed E-state index contributed by atoms with van der Waals surface area (Å²) in [6, 6.07) is 5.42. The summed E-state index contributed by atoms with van der Waals surface area (Å²) in [4.78, 5) is 15.7. The standard InChI is InChI=1S/C12H13ClN4O/c1-7-5-9(3-4-10(7)13)16-12-15-6-8(2)11(18)17(12)14/h3-6H,14H2,1-2H3,(H,15,16). The number of halogens is 1. The van der Waals surface area contributed by atoms with Crippen molar-refractivity contribution >= 4 is 23.2 Å². The SMILES string of the molecule is Cc1cc(Nc2ncc(C)c(=O)n2N)ccc1Cl. The van der Waals surface area contributed by atoms with Crippen LogP contribution in [-0.4, -0.2) is 9.66 Å². The molecule has 1 heterocycles. The summed E-state index contributed by atoms with van der Waals surface area (Å²) >= 11 is 5.94. The highest BCUT2D eigenvalue weighted by Gasteiger charge is 2.06. The Bertz CT molecular complexity index is 651. The van der Waals surface area contributed by atoms with E-state index in [2.05, 4.69) is 10.3 Å². The van der Waals surface area contributed by atoms with Crippen LogP contribution in [-0.2, 0) is 0 Å². The molecule has 0 unspecified atom stereocenters. The summed E-state index contributed by atoms with van der Waals surface area (Å²) in [5.41, 5.74) is 1.92. The number of rotatable bonds is 2. The highest BCUT2D eigenvalue weighted by molar-refractivity contribution is 6.31. The molecule has 0 atom stereocenters. The summed E-state index contributed by atoms with van der Waals surface area (Å²) in [7, 11) is 0. The molecule has 94 valence electrons. The number of nitrogen functional groups attached to an aromatic ring is 1. The number of nitrogens with one attached hydrogen (secondary N) is 1. The quantitative estimate of drug-likeness (QED) is 0.814. The molecule has 0 aliphatic carbocycles. The van der Waals surface area contributed by atoms with Crippen molar-refractivity contribution in [3.8, 4) is 0 Å². The molecule has 3 N–H and O–H groups in total. The molecule has 0 saturated carbocycles. The molecule has 2 rings (SSSR count). The Hall–Kier alpha value is -2.01. The van der Waals surface area contributed by atoms with Gasteiger partial charge in [0.25, 0.3) is 5.56 Å². The molecule has 0 bridgehead atoms. The lowest BCUT2D eigenvalue weighted by Gasteiger charge is -2.10. The highest BCUT2D eigenvalue weighted by atomic mass is 35.5. The van der Waals surface area contributed by atoms with E-state index in [9.17, 15) is 4.79 Å². The van der Waals surface area contributed by atoms with Gasteiger partial charge < -0.3 is 11.2 Å². The zero-order chi connectivity index (χ0) is 13.3. The maximum absolute atomic E-state index is 11.6. The van der Waals surface area contributed by atoms with E-state index >= 15 is 0 Å². The van der Waals surface area contributed by atoms with Gasteiger partial charge in [0.05, 0.1) is 0 Å². The molecule has 0 fully saturated rings. The van der Waals surface area contributed by atoms with E-state index < -0.39 is 0 Å². The van der Waals surface area contributed by atoms with Gasteiger partial charge in [-0.15, -0.1) is 0 Å². The molecular formula is C12H13ClN4O. The average Bonchev–Trinajstić information content (AvgIpc) is 2.34. The summed E-state index contributed by atoms with van der Waals surface area (Å²) in [6.07, 6.45) is 1.48. The van der Waals surface area contributed by atoms with E-state index in [-0.39, 0.29) is 11.5 Å². The molecule has 0 radical (unpaired) electrons. The van der Waals surface area contributed by atoms with Crippen LogP contribution < -0.4 is 16.7 Å². The first kappa shape index (κ1) is 12.4. The van der Waals surface area contributed by atoms with E-state index in [4.69, 9.17) is 17.4 Å². The zero-order valence-electron chi connectivity index (χ0n) is 10.1. The molecule has 0 saturated heterocycles. The number of anilines is 2. The lowest BCUT2D eigenvalue weighted by Crippen LogP contribution is -2.31. The molecule has 18 heavy (non-hydrogen) atoms. The lowest BCUT2D eigenvalue weighted by molar-refractivity contribution is 0.886. The summed E-state index contributed by atoms with van der Waals surface area (Å²) in [5.74, 6) is 5.94. The Morgan fingerprint density at radius 1 is 1.33 bits per heavy atom. The Morgan fingerprint density at radius 2 is 2.06 bits per heavy atom. The van der Waals surface area contributed by atoms with Crippen molar-refractivity contribution in [2.24, 2.45) is 0 Å². The molecule has 0 spiro atoms. The smallest absolute Gasteiger partial charge is 0.276 e. The second-order valence-electron chi connectivity index (χ2n) is 4.03. The predicted octanol–water partition coefficient (Wildman–Crippen LogP) is 1.97. The highest BCUT2D eigenvalue weighted by Crippen LogP contribution is 2.21. The Labute approximate surface area is 109 Å². The van der Waals surface area contributed by atoms with E-state index in [0.29, 0.717) is 10.6 Å². The molecule has 1 aromatic carbocycles. The van der Waals surface area contributed by atoms with Gasteiger partial charge in [-0.3, -0.25) is 4.79 Å². The first-order valence-electron chi connectivity index (χ1n) is 5.36. The van der Waals surface area contributed by atoms with Crippen LogP contribution in [0.5, 0.6) is 0 Å². The zero-order valence-corrected chi connectivity index (χ0v) is 10.8. The fourth-order valence-corrected chi connectivity index (χ4v) is 1.62. The lowest BCUT2D eigenvalue weighted by atomic mass is 10.2. The second-order valence-corrected chi connectivity index (χ2v) is 4.44. The van der Waals surface area contributed by atoms with E-state index in [1.54, 1.807) is 19.1 Å². The molecule has 0 aliphatic rings. The van der Waals surface area contributed by atoms with E-state index in [1.165, 1.54) is 6.20 Å². The van der Waals surface area contributed by atoms with Gasteiger partial charge in [-0.05, 0) is 37.6 Å². The number of aromatic nitrogens is 2. The van der Waals surface area contributed by atoms with Gasteiger partial charge in [0.15, 0.2) is 0 Å². The molecule has 1 aromatic heterocycles. The fourth-order valence-electron chi connectivity index (χ4n) is 1.51. The van der Waals surface area contributed by atoms with Gasteiger partial charge in [-0.2, -0.15) is 4.68 Å². The number of hydrogen-bond acceptors (Lipinski definition) is 4. The maximum Gasteiger partial charge on any atom is 0.276 e. The van der Waals surface area contributed by atoms with Gasteiger partial charge in [-0.1, -0.05) is 11.6 Å². The second kappa shape index (κ2) is 4.70. The minimum atomic E-state index is -0.279. The van der Waals surface area contributed by atoms with Crippen LogP contribution in [0.2, 0.25) is 5.02 Å². The minimum Gasteiger partial charge on any atom is -0.333 e. The number of aryl methyl sites for hydroxylation is 2. The van der Waals surface area contributed by atoms with Crippen LogP contribution in [0.4, 0.5) is 11.6 Å². The summed E-state index contributed by atoms with van der Waals surface area (Å²) in [5, 5.41) is 3.66. The largest absolute Gasteiger partial charge is 0.333 e. The van der Waals surface area contributed by atoms with Crippen molar-refractivity contribution in [1.29, 1.82) is 0 Å². The first-order valence-corrected chi connectivity index (χ1v) is 5.73. The fraction of sp³-hybridized carbons (Fsp3) is 0.167. The monoisotopic (exact) mass is 264 g/mol. The van der Waals surface area contributed by atoms with Crippen LogP contribution in [0.25, 0.3) is 0 Å². The van der Waals surface area contributed by atoms with Crippen molar-refractivity contribution in [2.45, 2.75) is 13.8 Å². The van der Waals surface area contributed by atoms with Gasteiger partial charge in [0, 0.05) is 22.5 Å². The number of nitrogens with zero attached hydrogens (tertiary/aromatic N) is 2. The van der Waals surface area contributed by atoms with Crippen molar-refractivity contribution in [2.75, 3.05) is 11.2 Å². The molecule has 5 nitrogen and oxygen atoms in total. The van der Waals surface area contributed by atoms with Crippen molar-refractivity contribution in [3.63, 3.8) is 0 Å². The number of benzene rings is 1. The topological polar surface area (TPSA) is 72.9 Å². The summed E-state index contributed by atoms with van der Waals surface area (Å²) in [6.45, 7) is 3.56. The van der Waals surface area contributed by atoms with E-state index in [1.807, 2.05) is 13.0 Å². The van der Waals surface area contributed by atoms with Crippen molar-refractivity contribution in [3.05, 3.63) is 50.9 Å². The predicted molar refractivity (Wildman–Crippen MR) is 72.9 cm³/mol. The van der Waals surface area contributed by atoms with Crippen LogP contribution in [0.3, 0.4) is 0 Å². The summed E-state index contributed by atoms with van der Waals surface area (Å²) < 4.78 is 0.985. The van der Waals surface area contributed by atoms with Crippen molar-refractivity contribution in [1.82, 2.24) is 9.66 Å². The number of nitrogens with two attached hydrogens (primary N) is 1. The van der Waals surface area contributed by atoms with Crippen LogP contribution in [0, 0.1) is 13.8 Å². The van der Waals surface area contributed by atoms with Crippen molar-refractivity contribution < 1.29 is 0 Å². The Kier molecular flexibility index (Phi) is 3.25. The first-order chi connectivity index (χ1) is 8.49. The maximum atomic E-state index is 11.6. The van der Waals surface area contributed by atoms with E-state index in [0.717, 1.165) is 15.9 Å². The van der Waals surface area contributed by atoms with Gasteiger partial charge in [0.2, 0.25) is 5.95 Å². The van der Waals surface area contributed by atoms with Crippen LogP contribution >= 0.6 is 11.6 Å². The number of hydrogen-bond donors (Lipinski definition) is 2. The van der Waals surface area contributed by atoms with Crippen LogP contribution in [0.1, 0.15) is 11.1 Å². The van der Waals surface area contributed by atoms with Gasteiger partial charge in [-0.25, -0.2) is 4.98 Å². The minimum absolute atomic E-state index is 0.279. The van der Waals surface area contributed by atoms with Gasteiger partial charge in [0.1, 0.15) is 0 Å². The van der Waals surface area contributed by atoms with Gasteiger partial charge >= 0.3 is 0 Å². The molecular weight excluding hydrogens is 252 g/mol. The average molecular weight is 265 g/mol. The van der Waals surface area contributed by atoms with Crippen LogP contribution in [0.15, 0.2) is 29.2 Å². The molecule has 0 aliphatic heterocycles. The Morgan fingerprint density at radius 3 is 2.72 bits per heavy atom. The molecule has 2 aromatic rings. The third-order valence-corrected chi connectivity index (χ3v) is 3.00.